The van der Waals surface area contributed by atoms with Gasteiger partial charge in [-0.15, -0.1) is 22.0 Å². The number of oxime groups is 1. The zero-order valence-electron chi connectivity index (χ0n) is 20.1. The molecule has 3 amide bonds. The van der Waals surface area contributed by atoms with Crippen LogP contribution in [0.4, 0.5) is 14.7 Å². The Hall–Kier alpha value is -4.07. The van der Waals surface area contributed by atoms with Gasteiger partial charge in [0, 0.05) is 29.9 Å². The maximum Gasteiger partial charge on any atom is 0.512 e. The predicted molar refractivity (Wildman–Crippen MR) is 138 cm³/mol. The summed E-state index contributed by atoms with van der Waals surface area (Å²) in [6.07, 6.45) is -2.83. The van der Waals surface area contributed by atoms with E-state index in [1.165, 1.54) is 7.05 Å². The third kappa shape index (κ3) is 6.99. The fraction of sp³-hybridized carbons (Fsp3) is 0.375. The number of aromatic nitrogens is 6. The number of carbonyl (C=O) groups is 4. The molecule has 4 rings (SSSR count). The summed E-state index contributed by atoms with van der Waals surface area (Å²) in [7, 11) is -3.37. The quantitative estimate of drug-likeness (QED) is 0.0309. The van der Waals surface area contributed by atoms with Crippen molar-refractivity contribution in [2.24, 2.45) is 5.16 Å². The van der Waals surface area contributed by atoms with Crippen molar-refractivity contribution in [1.82, 2.24) is 45.5 Å². The highest BCUT2D eigenvalue weighted by Gasteiger charge is 2.55. The van der Waals surface area contributed by atoms with Gasteiger partial charge in [-0.1, -0.05) is 16.9 Å². The van der Waals surface area contributed by atoms with Crippen LogP contribution < -0.4 is 16.4 Å². The number of aromatic amines is 1. The van der Waals surface area contributed by atoms with Crippen LogP contribution in [0.25, 0.3) is 0 Å². The number of nitrogen functional groups attached to an aromatic ring is 1. The van der Waals surface area contributed by atoms with E-state index in [9.17, 15) is 37.3 Å². The molecule has 0 aromatic carbocycles. The van der Waals surface area contributed by atoms with Crippen molar-refractivity contribution in [3.05, 3.63) is 17.3 Å². The minimum absolute atomic E-state index is 0.0163. The van der Waals surface area contributed by atoms with E-state index < -0.39 is 68.2 Å². The molecule has 1 saturated heterocycles. The van der Waals surface area contributed by atoms with Gasteiger partial charge in [-0.05, 0) is 5.21 Å². The lowest BCUT2D eigenvalue weighted by atomic mass is 10.0. The lowest BCUT2D eigenvalue weighted by Crippen LogP contribution is -2.71. The molecule has 2 aromatic rings. The van der Waals surface area contributed by atoms with E-state index in [-0.39, 0.29) is 27.4 Å². The fourth-order valence-electron chi connectivity index (χ4n) is 3.39. The number of hydrogen-bond donors (Lipinski definition) is 6. The Morgan fingerprint density at radius 1 is 1.39 bits per heavy atom. The van der Waals surface area contributed by atoms with Crippen molar-refractivity contribution in [2.75, 3.05) is 24.3 Å². The summed E-state index contributed by atoms with van der Waals surface area (Å²) in [4.78, 5) is 58.5. The Morgan fingerprint density at radius 3 is 2.73 bits per heavy atom. The van der Waals surface area contributed by atoms with Crippen LogP contribution in [0.1, 0.15) is 5.82 Å². The van der Waals surface area contributed by atoms with Gasteiger partial charge >= 0.3 is 12.2 Å². The van der Waals surface area contributed by atoms with Crippen LogP contribution in [0.15, 0.2) is 21.8 Å². The van der Waals surface area contributed by atoms with E-state index >= 15 is 0 Å². The molecular formula is C16H17N11O10S4. The Morgan fingerprint density at radius 2 is 2.15 bits per heavy atom. The number of nitrogens with two attached hydrogens (primary N) is 1. The first kappa shape index (κ1) is 29.9. The van der Waals surface area contributed by atoms with Gasteiger partial charge < -0.3 is 26.2 Å². The Bertz CT molecular complexity index is 1530. The first-order chi connectivity index (χ1) is 19.4. The number of ether oxygens (including phenoxy) is 1. The number of H-pyrrole nitrogens is 1. The summed E-state index contributed by atoms with van der Waals surface area (Å²) in [5.74, 6) is -3.67. The number of carbonyl (C=O) groups excluding carboxylic acids is 3. The van der Waals surface area contributed by atoms with Crippen molar-refractivity contribution >= 4 is 80.1 Å². The lowest BCUT2D eigenvalue weighted by molar-refractivity contribution is -0.148. The SMILES string of the molecule is CNC(=O)O/N=C(\C(=O)N[C@@H]1C(=O)N2C(OC(=O)O)=C(C(CS(=O)(=O)O)Sc3nn[nH]n3)CS[C@@H]12)c1nsc(N)n1. The molecule has 2 aromatic heterocycles. The standard InChI is InChI=1S/C16H17N11O10S4/c1-18-15(30)37-23-6(8-20-13(17)40-24-8)9(28)19-7-10(29)27-11(36-16(31)32)4(2-38-12(7)27)5(3-41(33,34)35)39-14-21-25-26-22-14/h5,7,12H,2-3H2,1H3,(H,18,30)(H,19,28)(H,31,32)(H2,17,20,24)(H,33,34,35)(H,21,22,25,26)/b23-6-/t5?,7-,12+/m1/s1. The van der Waals surface area contributed by atoms with E-state index in [2.05, 4.69) is 50.6 Å². The van der Waals surface area contributed by atoms with E-state index in [4.69, 9.17) is 10.5 Å². The molecule has 2 aliphatic heterocycles. The number of thioether (sulfide) groups is 2. The second-order valence-electron chi connectivity index (χ2n) is 7.63. The molecule has 220 valence electrons. The molecule has 2 aliphatic rings. The van der Waals surface area contributed by atoms with Crippen molar-refractivity contribution < 1.29 is 46.8 Å². The Balaban J connectivity index is 1.61. The van der Waals surface area contributed by atoms with Crippen molar-refractivity contribution in [1.29, 1.82) is 0 Å². The lowest BCUT2D eigenvalue weighted by Gasteiger charge is -2.49. The average Bonchev–Trinajstić information content (AvgIpc) is 3.57. The van der Waals surface area contributed by atoms with E-state index in [0.29, 0.717) is 0 Å². The molecular weight excluding hydrogens is 635 g/mol. The second-order valence-corrected chi connectivity index (χ2v) is 12.2. The molecule has 3 atom stereocenters. The van der Waals surface area contributed by atoms with Gasteiger partial charge in [0.25, 0.3) is 21.9 Å². The summed E-state index contributed by atoms with van der Waals surface area (Å²) in [5.41, 5.74) is 4.99. The molecule has 0 spiro atoms. The van der Waals surface area contributed by atoms with E-state index in [0.717, 1.165) is 40.0 Å². The van der Waals surface area contributed by atoms with E-state index in [1.807, 2.05) is 0 Å². The zero-order valence-corrected chi connectivity index (χ0v) is 23.4. The summed E-state index contributed by atoms with van der Waals surface area (Å²) in [6, 6.07) is -1.26. The van der Waals surface area contributed by atoms with Gasteiger partial charge in [0.1, 0.15) is 11.4 Å². The van der Waals surface area contributed by atoms with Gasteiger partial charge in [0.2, 0.25) is 22.6 Å². The molecule has 0 aliphatic carbocycles. The van der Waals surface area contributed by atoms with Crippen LogP contribution in [0.2, 0.25) is 0 Å². The van der Waals surface area contributed by atoms with Gasteiger partial charge in [-0.2, -0.15) is 23.0 Å². The fourth-order valence-corrected chi connectivity index (χ4v) is 7.46. The van der Waals surface area contributed by atoms with Crippen LogP contribution >= 0.6 is 35.1 Å². The molecule has 41 heavy (non-hydrogen) atoms. The zero-order chi connectivity index (χ0) is 29.9. The highest BCUT2D eigenvalue weighted by molar-refractivity contribution is 8.01. The number of tetrazole rings is 1. The van der Waals surface area contributed by atoms with Crippen LogP contribution in [0.5, 0.6) is 0 Å². The number of hydrogen-bond acceptors (Lipinski definition) is 18. The minimum Gasteiger partial charge on any atom is -0.449 e. The molecule has 0 radical (unpaired) electrons. The molecule has 25 heteroatoms. The first-order valence-corrected chi connectivity index (χ1v) is 15.0. The summed E-state index contributed by atoms with van der Waals surface area (Å²) in [6.45, 7) is 0. The van der Waals surface area contributed by atoms with Crippen molar-refractivity contribution in [3.8, 4) is 0 Å². The van der Waals surface area contributed by atoms with Crippen molar-refractivity contribution in [3.63, 3.8) is 0 Å². The molecule has 1 unspecified atom stereocenters. The van der Waals surface area contributed by atoms with Crippen molar-refractivity contribution in [2.45, 2.75) is 21.8 Å². The monoisotopic (exact) mass is 651 g/mol. The van der Waals surface area contributed by atoms with Gasteiger partial charge in [0.15, 0.2) is 5.13 Å². The molecule has 4 heterocycles. The number of rotatable bonds is 10. The maximum absolute atomic E-state index is 13.2. The van der Waals surface area contributed by atoms with Crippen LogP contribution in [0.3, 0.4) is 0 Å². The number of amides is 3. The third-order valence-electron chi connectivity index (χ3n) is 5.03. The average molecular weight is 652 g/mol. The highest BCUT2D eigenvalue weighted by Crippen LogP contribution is 2.44. The highest BCUT2D eigenvalue weighted by atomic mass is 32.2. The summed E-state index contributed by atoms with van der Waals surface area (Å²) in [5, 5.41) is 28.1. The number of nitrogens with zero attached hydrogens (tertiary/aromatic N) is 7. The largest absolute Gasteiger partial charge is 0.512 e. The van der Waals surface area contributed by atoms with E-state index in [1.54, 1.807) is 0 Å². The van der Waals surface area contributed by atoms with Crippen LogP contribution in [-0.4, -0.2) is 118 Å². The molecule has 21 nitrogen and oxygen atoms in total. The topological polar surface area (TPSA) is 307 Å². The van der Waals surface area contributed by atoms with Crippen LogP contribution in [-0.2, 0) is 29.3 Å². The molecule has 0 saturated carbocycles. The third-order valence-corrected chi connectivity index (χ3v) is 8.96. The Labute approximate surface area is 240 Å². The minimum atomic E-state index is -4.62. The molecule has 7 N–H and O–H groups in total. The smallest absolute Gasteiger partial charge is 0.449 e. The molecule has 0 bridgehead atoms. The first-order valence-electron chi connectivity index (χ1n) is 10.7. The maximum atomic E-state index is 13.2. The number of β-lactam (4-membered cyclic amide) rings is 1. The van der Waals surface area contributed by atoms with Gasteiger partial charge in [0.05, 0.1) is 11.0 Å². The molecule has 1 fully saturated rings. The summed E-state index contributed by atoms with van der Waals surface area (Å²) >= 11 is 2.47. The van der Waals surface area contributed by atoms with Crippen LogP contribution in [0, 0.1) is 0 Å². The van der Waals surface area contributed by atoms with Gasteiger partial charge in [-0.3, -0.25) is 23.9 Å². The number of fused-ring (bicyclic) bond motifs is 1. The predicted octanol–water partition coefficient (Wildman–Crippen LogP) is -1.95. The number of nitrogens with one attached hydrogen (secondary N) is 3. The second kappa shape index (κ2) is 12.2. The van der Waals surface area contributed by atoms with Gasteiger partial charge in [-0.25, -0.2) is 9.59 Å². The number of anilines is 1. The number of carboxylic acid groups (broad SMARTS) is 1. The Kier molecular flexibility index (Phi) is 8.90. The normalized spacial score (nSPS) is 19.6. The summed E-state index contributed by atoms with van der Waals surface area (Å²) < 4.78 is 41.7.